The zero-order chi connectivity index (χ0) is 9.52. The van der Waals surface area contributed by atoms with E-state index in [0.29, 0.717) is 18.9 Å². The summed E-state index contributed by atoms with van der Waals surface area (Å²) >= 11 is 0. The van der Waals surface area contributed by atoms with Crippen LogP contribution < -0.4 is 11.1 Å². The molecule has 3 nitrogen and oxygen atoms in total. The highest BCUT2D eigenvalue weighted by molar-refractivity contribution is 5.34. The Morgan fingerprint density at radius 2 is 2.31 bits per heavy atom. The van der Waals surface area contributed by atoms with E-state index < -0.39 is 0 Å². The van der Waals surface area contributed by atoms with Crippen molar-refractivity contribution >= 4 is 5.82 Å². The number of nitrogens with two attached hydrogens (primary N) is 1. The monoisotopic (exact) mass is 181 g/mol. The standard InChI is InChI=1S/C9H12FN3/c10-8-3-4-9(13-7-8)12-6-2-1-5-11/h1-4,7H,5-6,11H2,(H,12,13)/b2-1+. The quantitative estimate of drug-likeness (QED) is 0.685. The summed E-state index contributed by atoms with van der Waals surface area (Å²) in [7, 11) is 0. The Kier molecular flexibility index (Phi) is 3.92. The van der Waals surface area contributed by atoms with Gasteiger partial charge in [0.25, 0.3) is 0 Å². The first kappa shape index (κ1) is 9.67. The molecule has 0 atom stereocenters. The lowest BCUT2D eigenvalue weighted by molar-refractivity contribution is 0.622. The van der Waals surface area contributed by atoms with Gasteiger partial charge in [-0.15, -0.1) is 0 Å². The summed E-state index contributed by atoms with van der Waals surface area (Å²) in [6.07, 6.45) is 4.91. The third kappa shape index (κ3) is 3.66. The van der Waals surface area contributed by atoms with E-state index in [9.17, 15) is 4.39 Å². The maximum Gasteiger partial charge on any atom is 0.141 e. The van der Waals surface area contributed by atoms with E-state index in [1.54, 1.807) is 6.07 Å². The van der Waals surface area contributed by atoms with Crippen molar-refractivity contribution in [2.24, 2.45) is 5.73 Å². The molecule has 0 radical (unpaired) electrons. The van der Waals surface area contributed by atoms with Gasteiger partial charge in [0.1, 0.15) is 11.6 Å². The van der Waals surface area contributed by atoms with Gasteiger partial charge in [0.2, 0.25) is 0 Å². The van der Waals surface area contributed by atoms with Crippen molar-refractivity contribution in [1.29, 1.82) is 0 Å². The van der Waals surface area contributed by atoms with Crippen LogP contribution in [0.15, 0.2) is 30.5 Å². The highest BCUT2D eigenvalue weighted by Crippen LogP contribution is 2.02. The number of anilines is 1. The van der Waals surface area contributed by atoms with Gasteiger partial charge in [-0.25, -0.2) is 9.37 Å². The molecule has 0 saturated heterocycles. The van der Waals surface area contributed by atoms with E-state index in [-0.39, 0.29) is 5.82 Å². The van der Waals surface area contributed by atoms with E-state index in [1.807, 2.05) is 12.2 Å². The minimum Gasteiger partial charge on any atom is -0.367 e. The van der Waals surface area contributed by atoms with Crippen molar-refractivity contribution in [3.05, 3.63) is 36.3 Å². The number of rotatable bonds is 4. The fourth-order valence-corrected chi connectivity index (χ4v) is 0.823. The smallest absolute Gasteiger partial charge is 0.141 e. The molecule has 0 bridgehead atoms. The first-order valence-corrected chi connectivity index (χ1v) is 4.03. The summed E-state index contributed by atoms with van der Waals surface area (Å²) in [5.74, 6) is 0.325. The molecule has 3 N–H and O–H groups in total. The average Bonchev–Trinajstić information content (AvgIpc) is 2.15. The van der Waals surface area contributed by atoms with Gasteiger partial charge in [-0.05, 0) is 12.1 Å². The summed E-state index contributed by atoms with van der Waals surface area (Å²) in [6.45, 7) is 1.17. The molecule has 1 aromatic rings. The Hall–Kier alpha value is -1.42. The Morgan fingerprint density at radius 1 is 1.46 bits per heavy atom. The van der Waals surface area contributed by atoms with Crippen molar-refractivity contribution in [2.75, 3.05) is 18.4 Å². The number of nitrogens with zero attached hydrogens (tertiary/aromatic N) is 1. The molecule has 0 fully saturated rings. The maximum absolute atomic E-state index is 12.4. The average molecular weight is 181 g/mol. The molecule has 70 valence electrons. The van der Waals surface area contributed by atoms with Crippen LogP contribution in [0.2, 0.25) is 0 Å². The molecule has 0 amide bonds. The zero-order valence-electron chi connectivity index (χ0n) is 7.20. The van der Waals surface area contributed by atoms with Crippen molar-refractivity contribution in [3.63, 3.8) is 0 Å². The van der Waals surface area contributed by atoms with Gasteiger partial charge in [0.05, 0.1) is 6.20 Å². The van der Waals surface area contributed by atoms with E-state index in [4.69, 9.17) is 5.73 Å². The van der Waals surface area contributed by atoms with Crippen LogP contribution in [-0.4, -0.2) is 18.1 Å². The van der Waals surface area contributed by atoms with Crippen LogP contribution in [0.1, 0.15) is 0 Å². The van der Waals surface area contributed by atoms with E-state index >= 15 is 0 Å². The molecule has 0 aliphatic carbocycles. The molecule has 0 unspecified atom stereocenters. The zero-order valence-corrected chi connectivity index (χ0v) is 7.20. The Bertz CT molecular complexity index is 269. The second kappa shape index (κ2) is 5.27. The predicted molar refractivity (Wildman–Crippen MR) is 50.9 cm³/mol. The molecule has 1 heterocycles. The second-order valence-corrected chi connectivity index (χ2v) is 2.45. The van der Waals surface area contributed by atoms with Gasteiger partial charge in [0.15, 0.2) is 0 Å². The maximum atomic E-state index is 12.4. The first-order chi connectivity index (χ1) is 6.33. The number of aromatic nitrogens is 1. The summed E-state index contributed by atoms with van der Waals surface area (Å²) < 4.78 is 12.4. The fourth-order valence-electron chi connectivity index (χ4n) is 0.823. The number of hydrogen-bond acceptors (Lipinski definition) is 3. The number of halogens is 1. The lowest BCUT2D eigenvalue weighted by Crippen LogP contribution is -2.01. The van der Waals surface area contributed by atoms with Gasteiger partial charge in [-0.1, -0.05) is 12.2 Å². The summed E-state index contributed by atoms with van der Waals surface area (Å²) in [5.41, 5.74) is 5.25. The van der Waals surface area contributed by atoms with Gasteiger partial charge >= 0.3 is 0 Å². The second-order valence-electron chi connectivity index (χ2n) is 2.45. The first-order valence-electron chi connectivity index (χ1n) is 4.03. The molecule has 4 heteroatoms. The van der Waals surface area contributed by atoms with Gasteiger partial charge < -0.3 is 11.1 Å². The van der Waals surface area contributed by atoms with E-state index in [1.165, 1.54) is 12.3 Å². The summed E-state index contributed by atoms with van der Waals surface area (Å²) in [5, 5.41) is 2.99. The van der Waals surface area contributed by atoms with E-state index in [0.717, 1.165) is 0 Å². The number of nitrogens with one attached hydrogen (secondary N) is 1. The Labute approximate surface area is 76.5 Å². The molecular weight excluding hydrogens is 169 g/mol. The largest absolute Gasteiger partial charge is 0.367 e. The summed E-state index contributed by atoms with van der Waals surface area (Å²) in [4.78, 5) is 3.82. The third-order valence-corrected chi connectivity index (χ3v) is 1.43. The molecule has 1 aromatic heterocycles. The fraction of sp³-hybridized carbons (Fsp3) is 0.222. The van der Waals surface area contributed by atoms with Crippen LogP contribution in [-0.2, 0) is 0 Å². The van der Waals surface area contributed by atoms with Gasteiger partial charge in [-0.2, -0.15) is 0 Å². The van der Waals surface area contributed by atoms with Crippen LogP contribution in [0.5, 0.6) is 0 Å². The minimum absolute atomic E-state index is 0.331. The predicted octanol–water partition coefficient (Wildman–Crippen LogP) is 1.15. The van der Waals surface area contributed by atoms with Crippen molar-refractivity contribution < 1.29 is 4.39 Å². The lowest BCUT2D eigenvalue weighted by atomic mass is 10.4. The molecule has 1 rings (SSSR count). The Morgan fingerprint density at radius 3 is 2.92 bits per heavy atom. The third-order valence-electron chi connectivity index (χ3n) is 1.43. The molecule has 0 aliphatic rings. The highest BCUT2D eigenvalue weighted by atomic mass is 19.1. The van der Waals surface area contributed by atoms with Crippen LogP contribution in [0.3, 0.4) is 0 Å². The van der Waals surface area contributed by atoms with Crippen LogP contribution in [0.25, 0.3) is 0 Å². The SMILES string of the molecule is NC/C=C/CNc1ccc(F)cn1. The van der Waals surface area contributed by atoms with Crippen LogP contribution in [0.4, 0.5) is 10.2 Å². The molecule has 0 spiro atoms. The van der Waals surface area contributed by atoms with Crippen molar-refractivity contribution in [1.82, 2.24) is 4.98 Å². The Balaban J connectivity index is 2.37. The van der Waals surface area contributed by atoms with Gasteiger partial charge in [-0.3, -0.25) is 0 Å². The topological polar surface area (TPSA) is 50.9 Å². The molecule has 0 aliphatic heterocycles. The molecular formula is C9H12FN3. The van der Waals surface area contributed by atoms with Crippen molar-refractivity contribution in [2.45, 2.75) is 0 Å². The summed E-state index contributed by atoms with van der Waals surface area (Å²) in [6, 6.07) is 2.95. The molecule has 13 heavy (non-hydrogen) atoms. The molecule has 0 saturated carbocycles. The van der Waals surface area contributed by atoms with E-state index in [2.05, 4.69) is 10.3 Å². The van der Waals surface area contributed by atoms with Crippen LogP contribution >= 0.6 is 0 Å². The minimum atomic E-state index is -0.331. The normalized spacial score (nSPS) is 10.6. The van der Waals surface area contributed by atoms with Gasteiger partial charge in [0, 0.05) is 13.1 Å². The number of pyridine rings is 1. The lowest BCUT2D eigenvalue weighted by Gasteiger charge is -2.00. The van der Waals surface area contributed by atoms with Crippen molar-refractivity contribution in [3.8, 4) is 0 Å². The van der Waals surface area contributed by atoms with Crippen LogP contribution in [0, 0.1) is 5.82 Å². The highest BCUT2D eigenvalue weighted by Gasteiger charge is 1.91. The number of hydrogen-bond donors (Lipinski definition) is 2. The molecule has 0 aromatic carbocycles.